The Kier molecular flexibility index (Phi) is 4.39. The number of aromatic amines is 1. The van der Waals surface area contributed by atoms with Gasteiger partial charge in [-0.25, -0.2) is 8.42 Å². The van der Waals surface area contributed by atoms with Crippen LogP contribution in [0.4, 0.5) is 5.69 Å². The van der Waals surface area contributed by atoms with Crippen LogP contribution in [0, 0.1) is 3.57 Å². The molecule has 0 aliphatic rings. The Labute approximate surface area is 129 Å². The number of hydrogen-bond donors (Lipinski definition) is 3. The van der Waals surface area contributed by atoms with Crippen molar-refractivity contribution in [3.63, 3.8) is 0 Å². The fraction of sp³-hybridized carbons (Fsp3) is 0.0909. The summed E-state index contributed by atoms with van der Waals surface area (Å²) < 4.78 is 27.4. The summed E-state index contributed by atoms with van der Waals surface area (Å²) in [4.78, 5) is 2.75. The zero-order valence-electron chi connectivity index (χ0n) is 9.52. The van der Waals surface area contributed by atoms with E-state index in [1.165, 1.54) is 12.3 Å². The Balaban J connectivity index is 2.30. The topological polar surface area (TPSA) is 82.2 Å². The molecule has 0 saturated carbocycles. The first-order chi connectivity index (χ1) is 8.92. The molecular weight excluding hydrogens is 403 g/mol. The minimum Gasteiger partial charge on any atom is -0.390 e. The summed E-state index contributed by atoms with van der Waals surface area (Å²) in [6.07, 6.45) is 1.33. The van der Waals surface area contributed by atoms with Gasteiger partial charge in [-0.2, -0.15) is 0 Å². The molecule has 0 fully saturated rings. The third-order valence-electron chi connectivity index (χ3n) is 2.37. The van der Waals surface area contributed by atoms with E-state index in [0.717, 1.165) is 0 Å². The van der Waals surface area contributed by atoms with Crippen molar-refractivity contribution in [1.82, 2.24) is 4.98 Å². The van der Waals surface area contributed by atoms with Gasteiger partial charge in [0.15, 0.2) is 0 Å². The lowest BCUT2D eigenvalue weighted by molar-refractivity contribution is 0.277. The van der Waals surface area contributed by atoms with Crippen molar-refractivity contribution in [2.75, 3.05) is 4.72 Å². The molecule has 0 unspecified atom stereocenters. The van der Waals surface area contributed by atoms with Crippen LogP contribution in [0.5, 0.6) is 0 Å². The molecule has 0 atom stereocenters. The van der Waals surface area contributed by atoms with E-state index < -0.39 is 10.0 Å². The third-order valence-corrected chi connectivity index (χ3v) is 4.84. The lowest BCUT2D eigenvalue weighted by Crippen LogP contribution is -2.13. The molecule has 1 aromatic heterocycles. The maximum Gasteiger partial charge on any atom is 0.263 e. The number of nitrogens with one attached hydrogen (secondary N) is 2. The van der Waals surface area contributed by atoms with Gasteiger partial charge >= 0.3 is 0 Å². The second-order valence-corrected chi connectivity index (χ2v) is 7.03. The van der Waals surface area contributed by atoms with Crippen LogP contribution in [-0.2, 0) is 16.6 Å². The lowest BCUT2D eigenvalue weighted by Gasteiger charge is -2.08. The van der Waals surface area contributed by atoms with Crippen molar-refractivity contribution < 1.29 is 13.5 Å². The van der Waals surface area contributed by atoms with E-state index in [9.17, 15) is 8.42 Å². The van der Waals surface area contributed by atoms with E-state index in [-0.39, 0.29) is 11.5 Å². The molecule has 0 bridgehead atoms. The van der Waals surface area contributed by atoms with Gasteiger partial charge in [-0.3, -0.25) is 4.72 Å². The molecule has 19 heavy (non-hydrogen) atoms. The number of aromatic nitrogens is 1. The highest BCUT2D eigenvalue weighted by Gasteiger charge is 2.17. The number of benzene rings is 1. The number of aliphatic hydroxyl groups excluding tert-OH is 1. The van der Waals surface area contributed by atoms with E-state index in [4.69, 9.17) is 16.7 Å². The smallest absolute Gasteiger partial charge is 0.263 e. The van der Waals surface area contributed by atoms with Gasteiger partial charge in [-0.05, 0) is 46.9 Å². The van der Waals surface area contributed by atoms with Crippen LogP contribution < -0.4 is 4.72 Å². The molecule has 0 aliphatic heterocycles. The minimum absolute atomic E-state index is 0.0716. The fourth-order valence-corrected chi connectivity index (χ4v) is 3.73. The van der Waals surface area contributed by atoms with Gasteiger partial charge in [-0.15, -0.1) is 0 Å². The van der Waals surface area contributed by atoms with Crippen LogP contribution in [0.25, 0.3) is 0 Å². The maximum atomic E-state index is 12.1. The zero-order valence-corrected chi connectivity index (χ0v) is 13.3. The summed E-state index contributed by atoms with van der Waals surface area (Å²) in [6.45, 7) is -0.242. The molecule has 0 radical (unpaired) electrons. The predicted octanol–water partition coefficient (Wildman–Crippen LogP) is 2.57. The number of aliphatic hydroxyl groups is 1. The van der Waals surface area contributed by atoms with Crippen molar-refractivity contribution in [3.8, 4) is 0 Å². The number of hydrogen-bond acceptors (Lipinski definition) is 3. The van der Waals surface area contributed by atoms with Crippen LogP contribution in [0.2, 0.25) is 5.02 Å². The van der Waals surface area contributed by atoms with Gasteiger partial charge in [0.1, 0.15) is 4.90 Å². The largest absolute Gasteiger partial charge is 0.390 e. The second-order valence-electron chi connectivity index (χ2n) is 3.75. The number of anilines is 1. The molecule has 102 valence electrons. The predicted molar refractivity (Wildman–Crippen MR) is 81.7 cm³/mol. The van der Waals surface area contributed by atoms with Crippen molar-refractivity contribution in [3.05, 3.63) is 44.7 Å². The Bertz CT molecular complexity index is 700. The summed E-state index contributed by atoms with van der Waals surface area (Å²) in [6, 6.07) is 6.25. The van der Waals surface area contributed by atoms with Crippen molar-refractivity contribution in [2.24, 2.45) is 0 Å². The van der Waals surface area contributed by atoms with Gasteiger partial charge in [0.2, 0.25) is 0 Å². The molecule has 2 rings (SSSR count). The quantitative estimate of drug-likeness (QED) is 0.675. The first kappa shape index (κ1) is 14.6. The maximum absolute atomic E-state index is 12.1. The molecule has 1 heterocycles. The average Bonchev–Trinajstić information content (AvgIpc) is 2.82. The van der Waals surface area contributed by atoms with Crippen LogP contribution in [-0.4, -0.2) is 18.5 Å². The van der Waals surface area contributed by atoms with Crippen LogP contribution in [0.1, 0.15) is 5.69 Å². The highest BCUT2D eigenvalue weighted by molar-refractivity contribution is 14.1. The number of sulfonamides is 1. The zero-order chi connectivity index (χ0) is 14.0. The Hall–Kier alpha value is -0.770. The van der Waals surface area contributed by atoms with E-state index in [1.807, 2.05) is 22.6 Å². The minimum atomic E-state index is -3.68. The molecular formula is C11H10ClIN2O3S. The van der Waals surface area contributed by atoms with E-state index in [1.54, 1.807) is 18.2 Å². The SMILES string of the molecule is O=S(=O)(Nc1ccc(Cl)cc1I)c1c[nH]c(CO)c1. The third kappa shape index (κ3) is 3.41. The number of rotatable bonds is 4. The molecule has 5 nitrogen and oxygen atoms in total. The highest BCUT2D eigenvalue weighted by atomic mass is 127. The summed E-state index contributed by atoms with van der Waals surface area (Å²) in [7, 11) is -3.68. The van der Waals surface area contributed by atoms with Gasteiger partial charge in [0.05, 0.1) is 12.3 Å². The Morgan fingerprint density at radius 3 is 2.68 bits per heavy atom. The molecule has 1 aromatic carbocycles. The summed E-state index contributed by atoms with van der Waals surface area (Å²) in [5.41, 5.74) is 0.892. The summed E-state index contributed by atoms with van der Waals surface area (Å²) in [5, 5.41) is 9.46. The second kappa shape index (κ2) is 5.70. The normalized spacial score (nSPS) is 11.5. The molecule has 0 amide bonds. The van der Waals surface area contributed by atoms with E-state index >= 15 is 0 Å². The molecule has 3 N–H and O–H groups in total. The molecule has 0 aliphatic carbocycles. The van der Waals surface area contributed by atoms with E-state index in [2.05, 4.69) is 9.71 Å². The van der Waals surface area contributed by atoms with Crippen LogP contribution in [0.3, 0.4) is 0 Å². The Morgan fingerprint density at radius 2 is 2.11 bits per heavy atom. The number of H-pyrrole nitrogens is 1. The van der Waals surface area contributed by atoms with Crippen molar-refractivity contribution in [2.45, 2.75) is 11.5 Å². The monoisotopic (exact) mass is 412 g/mol. The van der Waals surface area contributed by atoms with Crippen molar-refractivity contribution in [1.29, 1.82) is 0 Å². The molecule has 8 heteroatoms. The fourth-order valence-electron chi connectivity index (χ4n) is 1.44. The van der Waals surface area contributed by atoms with Crippen molar-refractivity contribution >= 4 is 49.9 Å². The first-order valence-corrected chi connectivity index (χ1v) is 8.12. The van der Waals surface area contributed by atoms with Gasteiger partial charge in [0.25, 0.3) is 10.0 Å². The Morgan fingerprint density at radius 1 is 1.37 bits per heavy atom. The molecule has 0 saturated heterocycles. The summed E-state index contributed by atoms with van der Waals surface area (Å²) >= 11 is 7.81. The van der Waals surface area contributed by atoms with Gasteiger partial charge < -0.3 is 10.1 Å². The van der Waals surface area contributed by atoms with Crippen LogP contribution in [0.15, 0.2) is 35.4 Å². The molecule has 2 aromatic rings. The van der Waals surface area contributed by atoms with Crippen LogP contribution >= 0.6 is 34.2 Å². The highest BCUT2D eigenvalue weighted by Crippen LogP contribution is 2.25. The summed E-state index contributed by atoms with van der Waals surface area (Å²) in [5.74, 6) is 0. The first-order valence-electron chi connectivity index (χ1n) is 5.18. The standard InChI is InChI=1S/C11H10ClIN2O3S/c12-7-1-2-11(10(13)3-7)15-19(17,18)9-4-8(6-16)14-5-9/h1-5,14-16H,6H2. The van der Waals surface area contributed by atoms with Gasteiger partial charge in [-0.1, -0.05) is 11.6 Å². The lowest BCUT2D eigenvalue weighted by atomic mass is 10.3. The number of halogens is 2. The average molecular weight is 413 g/mol. The van der Waals surface area contributed by atoms with E-state index in [0.29, 0.717) is 20.0 Å². The molecule has 0 spiro atoms. The van der Waals surface area contributed by atoms with Gasteiger partial charge in [0, 0.05) is 20.5 Å².